The van der Waals surface area contributed by atoms with Gasteiger partial charge in [-0.3, -0.25) is 4.79 Å². The van der Waals surface area contributed by atoms with Crippen molar-refractivity contribution in [2.24, 2.45) is 5.92 Å². The Labute approximate surface area is 106 Å². The number of rotatable bonds is 5. The lowest BCUT2D eigenvalue weighted by Crippen LogP contribution is -2.32. The van der Waals surface area contributed by atoms with E-state index in [9.17, 15) is 4.79 Å². The van der Waals surface area contributed by atoms with Gasteiger partial charge in [0.1, 0.15) is 0 Å². The summed E-state index contributed by atoms with van der Waals surface area (Å²) in [5.74, 6) is 0.481. The molecule has 3 heteroatoms. The Hall–Kier alpha value is -0.830. The molecule has 1 rings (SSSR count). The predicted molar refractivity (Wildman–Crippen MR) is 70.8 cm³/mol. The molecule has 16 heavy (non-hydrogen) atoms. The van der Waals surface area contributed by atoms with E-state index in [1.807, 2.05) is 37.3 Å². The van der Waals surface area contributed by atoms with E-state index in [2.05, 4.69) is 28.2 Å². The molecule has 2 atom stereocenters. The highest BCUT2D eigenvalue weighted by atomic mass is 79.9. The van der Waals surface area contributed by atoms with Gasteiger partial charge in [0, 0.05) is 11.9 Å². The lowest BCUT2D eigenvalue weighted by molar-refractivity contribution is -0.122. The standard InChI is InChI=1S/C13H18BrNO/c1-10(8-14)9-15-13(16)11(2)12-6-4-3-5-7-12/h3-7,10-11H,8-9H2,1-2H3,(H,15,16). The number of alkyl halides is 1. The predicted octanol–water partition coefficient (Wildman–Crippen LogP) is 2.94. The lowest BCUT2D eigenvalue weighted by atomic mass is 10.0. The quantitative estimate of drug-likeness (QED) is 0.828. The summed E-state index contributed by atoms with van der Waals surface area (Å²) in [4.78, 5) is 11.8. The fourth-order valence-corrected chi connectivity index (χ4v) is 1.60. The van der Waals surface area contributed by atoms with Crippen LogP contribution in [0.15, 0.2) is 30.3 Å². The Morgan fingerprint density at radius 2 is 1.94 bits per heavy atom. The fourth-order valence-electron chi connectivity index (χ4n) is 1.38. The average molecular weight is 284 g/mol. The first-order valence-corrected chi connectivity index (χ1v) is 6.66. The van der Waals surface area contributed by atoms with Crippen molar-refractivity contribution in [3.63, 3.8) is 0 Å². The molecule has 1 aromatic rings. The van der Waals surface area contributed by atoms with Crippen LogP contribution in [0.5, 0.6) is 0 Å². The Balaban J connectivity index is 2.49. The van der Waals surface area contributed by atoms with E-state index in [0.29, 0.717) is 5.92 Å². The molecule has 0 saturated heterocycles. The van der Waals surface area contributed by atoms with Gasteiger partial charge >= 0.3 is 0 Å². The second-order valence-corrected chi connectivity index (χ2v) is 4.78. The minimum absolute atomic E-state index is 0.0799. The number of carbonyl (C=O) groups excluding carboxylic acids is 1. The molecule has 0 saturated carbocycles. The van der Waals surface area contributed by atoms with Gasteiger partial charge < -0.3 is 5.32 Å². The molecule has 0 bridgehead atoms. The number of hydrogen-bond donors (Lipinski definition) is 1. The van der Waals surface area contributed by atoms with Gasteiger partial charge in [-0.1, -0.05) is 53.2 Å². The highest BCUT2D eigenvalue weighted by Crippen LogP contribution is 2.14. The van der Waals surface area contributed by atoms with Crippen molar-refractivity contribution >= 4 is 21.8 Å². The Bertz CT molecular complexity index is 326. The number of carbonyl (C=O) groups is 1. The van der Waals surface area contributed by atoms with Crippen LogP contribution >= 0.6 is 15.9 Å². The van der Waals surface area contributed by atoms with Gasteiger partial charge in [0.25, 0.3) is 0 Å². The maximum absolute atomic E-state index is 11.8. The van der Waals surface area contributed by atoms with Gasteiger partial charge in [-0.15, -0.1) is 0 Å². The van der Waals surface area contributed by atoms with Gasteiger partial charge in [0.05, 0.1) is 5.92 Å². The molecule has 1 N–H and O–H groups in total. The van der Waals surface area contributed by atoms with E-state index in [1.165, 1.54) is 0 Å². The van der Waals surface area contributed by atoms with Gasteiger partial charge in [-0.25, -0.2) is 0 Å². The maximum Gasteiger partial charge on any atom is 0.227 e. The number of nitrogens with one attached hydrogen (secondary N) is 1. The first-order chi connectivity index (χ1) is 7.65. The molecule has 0 radical (unpaired) electrons. The molecular weight excluding hydrogens is 266 g/mol. The first kappa shape index (κ1) is 13.2. The minimum atomic E-state index is -0.0799. The smallest absolute Gasteiger partial charge is 0.227 e. The maximum atomic E-state index is 11.8. The molecule has 0 aliphatic heterocycles. The van der Waals surface area contributed by atoms with E-state index in [0.717, 1.165) is 17.4 Å². The summed E-state index contributed by atoms with van der Waals surface area (Å²) in [5, 5.41) is 3.87. The number of amides is 1. The number of benzene rings is 1. The fraction of sp³-hybridized carbons (Fsp3) is 0.462. The number of hydrogen-bond acceptors (Lipinski definition) is 1. The molecule has 0 spiro atoms. The zero-order valence-corrected chi connectivity index (χ0v) is 11.3. The largest absolute Gasteiger partial charge is 0.355 e. The summed E-state index contributed by atoms with van der Waals surface area (Å²) < 4.78 is 0. The van der Waals surface area contributed by atoms with E-state index in [-0.39, 0.29) is 11.8 Å². The summed E-state index contributed by atoms with van der Waals surface area (Å²) in [6, 6.07) is 9.85. The minimum Gasteiger partial charge on any atom is -0.355 e. The lowest BCUT2D eigenvalue weighted by Gasteiger charge is -2.14. The molecule has 2 unspecified atom stereocenters. The summed E-state index contributed by atoms with van der Waals surface area (Å²) in [7, 11) is 0. The van der Waals surface area contributed by atoms with Crippen LogP contribution in [0.4, 0.5) is 0 Å². The topological polar surface area (TPSA) is 29.1 Å². The van der Waals surface area contributed by atoms with Gasteiger partial charge in [0.2, 0.25) is 5.91 Å². The van der Waals surface area contributed by atoms with Crippen LogP contribution in [0.25, 0.3) is 0 Å². The Morgan fingerprint density at radius 3 is 2.50 bits per heavy atom. The molecule has 1 amide bonds. The SMILES string of the molecule is CC(CBr)CNC(=O)C(C)c1ccccc1. The van der Waals surface area contributed by atoms with E-state index < -0.39 is 0 Å². The number of halogens is 1. The molecular formula is C13H18BrNO. The molecule has 0 fully saturated rings. The zero-order valence-electron chi connectivity index (χ0n) is 9.74. The van der Waals surface area contributed by atoms with Crippen LogP contribution in [-0.4, -0.2) is 17.8 Å². The van der Waals surface area contributed by atoms with Crippen LogP contribution < -0.4 is 5.32 Å². The summed E-state index contributed by atoms with van der Waals surface area (Å²) in [6.45, 7) is 4.76. The molecule has 88 valence electrons. The van der Waals surface area contributed by atoms with E-state index >= 15 is 0 Å². The molecule has 0 aliphatic rings. The van der Waals surface area contributed by atoms with Crippen LogP contribution in [0.1, 0.15) is 25.3 Å². The van der Waals surface area contributed by atoms with E-state index in [1.54, 1.807) is 0 Å². The van der Waals surface area contributed by atoms with Crippen molar-refractivity contribution in [1.29, 1.82) is 0 Å². The van der Waals surface area contributed by atoms with Crippen LogP contribution in [0, 0.1) is 5.92 Å². The molecule has 0 aromatic heterocycles. The summed E-state index contributed by atoms with van der Waals surface area (Å²) in [6.07, 6.45) is 0. The second-order valence-electron chi connectivity index (χ2n) is 4.14. The average Bonchev–Trinajstić information content (AvgIpc) is 2.35. The highest BCUT2D eigenvalue weighted by molar-refractivity contribution is 9.09. The normalized spacial score (nSPS) is 14.2. The highest BCUT2D eigenvalue weighted by Gasteiger charge is 2.14. The zero-order chi connectivity index (χ0) is 12.0. The van der Waals surface area contributed by atoms with Gasteiger partial charge in [-0.05, 0) is 18.4 Å². The molecule has 1 aromatic carbocycles. The second kappa shape index (κ2) is 6.69. The van der Waals surface area contributed by atoms with Crippen molar-refractivity contribution in [3.8, 4) is 0 Å². The summed E-state index contributed by atoms with van der Waals surface area (Å²) >= 11 is 3.40. The molecule has 0 heterocycles. The van der Waals surface area contributed by atoms with Crippen molar-refractivity contribution in [3.05, 3.63) is 35.9 Å². The Morgan fingerprint density at radius 1 is 1.31 bits per heavy atom. The van der Waals surface area contributed by atoms with Gasteiger partial charge in [-0.2, -0.15) is 0 Å². The third kappa shape index (κ3) is 3.97. The monoisotopic (exact) mass is 283 g/mol. The molecule has 0 aliphatic carbocycles. The van der Waals surface area contributed by atoms with Crippen LogP contribution in [0.2, 0.25) is 0 Å². The first-order valence-electron chi connectivity index (χ1n) is 5.53. The van der Waals surface area contributed by atoms with Crippen molar-refractivity contribution < 1.29 is 4.79 Å². The van der Waals surface area contributed by atoms with Crippen molar-refractivity contribution in [2.45, 2.75) is 19.8 Å². The third-order valence-electron chi connectivity index (χ3n) is 2.58. The molecule has 2 nitrogen and oxygen atoms in total. The summed E-state index contributed by atoms with van der Waals surface area (Å²) in [5.41, 5.74) is 1.06. The van der Waals surface area contributed by atoms with E-state index in [4.69, 9.17) is 0 Å². The van der Waals surface area contributed by atoms with Crippen LogP contribution in [0.3, 0.4) is 0 Å². The van der Waals surface area contributed by atoms with Gasteiger partial charge in [0.15, 0.2) is 0 Å². The third-order valence-corrected chi connectivity index (χ3v) is 3.69. The van der Waals surface area contributed by atoms with Crippen molar-refractivity contribution in [2.75, 3.05) is 11.9 Å². The van der Waals surface area contributed by atoms with Crippen molar-refractivity contribution in [1.82, 2.24) is 5.32 Å². The Kier molecular flexibility index (Phi) is 5.53. The van der Waals surface area contributed by atoms with Crippen LogP contribution in [-0.2, 0) is 4.79 Å².